The molecule has 0 aliphatic heterocycles. The first kappa shape index (κ1) is 10.4. The van der Waals surface area contributed by atoms with Crippen molar-refractivity contribution in [3.63, 3.8) is 0 Å². The fourth-order valence-corrected chi connectivity index (χ4v) is 0.444. The van der Waals surface area contributed by atoms with Crippen LogP contribution < -0.4 is 0 Å². The lowest BCUT2D eigenvalue weighted by atomic mass is 10.6. The summed E-state index contributed by atoms with van der Waals surface area (Å²) < 4.78 is 9.67. The van der Waals surface area contributed by atoms with Crippen LogP contribution in [0.15, 0.2) is 12.3 Å². The van der Waals surface area contributed by atoms with Crippen molar-refractivity contribution in [2.45, 2.75) is 0 Å². The van der Waals surface area contributed by atoms with Crippen molar-refractivity contribution in [2.24, 2.45) is 0 Å². The van der Waals surface area contributed by atoms with Crippen LogP contribution in [0.1, 0.15) is 0 Å². The van der Waals surface area contributed by atoms with Gasteiger partial charge in [-0.05, 0) is 6.08 Å². The molecule has 0 spiro atoms. The first-order chi connectivity index (χ1) is 5.41. The minimum absolute atomic E-state index is 0.0157. The van der Waals surface area contributed by atoms with Gasteiger partial charge in [0.05, 0.1) is 32.7 Å². The van der Waals surface area contributed by atoms with E-state index in [0.29, 0.717) is 19.8 Å². The monoisotopic (exact) mass is 162 g/mol. The SMILES string of the molecule is OCCOC=CCOCCO. The Bertz CT molecular complexity index is 92.4. The van der Waals surface area contributed by atoms with Crippen LogP contribution in [0.25, 0.3) is 0 Å². The highest BCUT2D eigenvalue weighted by molar-refractivity contribution is 4.72. The highest BCUT2D eigenvalue weighted by atomic mass is 16.5. The van der Waals surface area contributed by atoms with Crippen LogP contribution in [-0.4, -0.2) is 43.2 Å². The molecular formula is C7H14O4. The number of ether oxygens (including phenoxy) is 2. The van der Waals surface area contributed by atoms with E-state index < -0.39 is 0 Å². The van der Waals surface area contributed by atoms with Gasteiger partial charge in [-0.15, -0.1) is 0 Å². The Balaban J connectivity index is 2.91. The second kappa shape index (κ2) is 9.42. The van der Waals surface area contributed by atoms with Crippen molar-refractivity contribution in [3.8, 4) is 0 Å². The molecule has 0 bridgehead atoms. The maximum atomic E-state index is 8.29. The van der Waals surface area contributed by atoms with Crippen LogP contribution in [0.3, 0.4) is 0 Å². The number of hydrogen-bond acceptors (Lipinski definition) is 4. The van der Waals surface area contributed by atoms with Crippen molar-refractivity contribution in [1.29, 1.82) is 0 Å². The van der Waals surface area contributed by atoms with Gasteiger partial charge in [-0.1, -0.05) is 0 Å². The van der Waals surface area contributed by atoms with Gasteiger partial charge in [0.15, 0.2) is 0 Å². The molecule has 0 saturated heterocycles. The van der Waals surface area contributed by atoms with E-state index in [-0.39, 0.29) is 13.2 Å². The van der Waals surface area contributed by atoms with E-state index in [0.717, 1.165) is 0 Å². The fourth-order valence-electron chi connectivity index (χ4n) is 0.444. The van der Waals surface area contributed by atoms with Gasteiger partial charge in [-0.2, -0.15) is 0 Å². The molecule has 0 saturated carbocycles. The molecule has 4 heteroatoms. The molecule has 0 aliphatic carbocycles. The third kappa shape index (κ3) is 9.42. The number of hydrogen-bond donors (Lipinski definition) is 2. The average Bonchev–Trinajstić information content (AvgIpc) is 2.03. The molecular weight excluding hydrogens is 148 g/mol. The Hall–Kier alpha value is -0.580. The van der Waals surface area contributed by atoms with E-state index in [4.69, 9.17) is 19.7 Å². The van der Waals surface area contributed by atoms with Gasteiger partial charge in [-0.3, -0.25) is 0 Å². The van der Waals surface area contributed by atoms with Crippen LogP contribution in [0.4, 0.5) is 0 Å². The van der Waals surface area contributed by atoms with Crippen LogP contribution in [-0.2, 0) is 9.47 Å². The zero-order valence-corrected chi connectivity index (χ0v) is 6.40. The second-order valence-electron chi connectivity index (χ2n) is 1.76. The Morgan fingerprint density at radius 2 is 1.82 bits per heavy atom. The van der Waals surface area contributed by atoms with Crippen LogP contribution in [0.5, 0.6) is 0 Å². The highest BCUT2D eigenvalue weighted by Crippen LogP contribution is 1.79. The molecule has 0 rings (SSSR count). The van der Waals surface area contributed by atoms with E-state index in [9.17, 15) is 0 Å². The van der Waals surface area contributed by atoms with Crippen molar-refractivity contribution < 1.29 is 19.7 Å². The van der Waals surface area contributed by atoms with Crippen LogP contribution >= 0.6 is 0 Å². The van der Waals surface area contributed by atoms with Crippen molar-refractivity contribution in [3.05, 3.63) is 12.3 Å². The van der Waals surface area contributed by atoms with Crippen LogP contribution in [0, 0.1) is 0 Å². The molecule has 0 aromatic carbocycles. The maximum Gasteiger partial charge on any atom is 0.110 e. The van der Waals surface area contributed by atoms with Crippen LogP contribution in [0.2, 0.25) is 0 Å². The molecule has 0 aromatic rings. The Morgan fingerprint density at radius 3 is 2.45 bits per heavy atom. The summed E-state index contributed by atoms with van der Waals surface area (Å²) in [7, 11) is 0. The summed E-state index contributed by atoms with van der Waals surface area (Å²) in [6.07, 6.45) is 3.14. The van der Waals surface area contributed by atoms with Gasteiger partial charge < -0.3 is 19.7 Å². The van der Waals surface area contributed by atoms with E-state index in [1.165, 1.54) is 6.26 Å². The molecule has 0 heterocycles. The van der Waals surface area contributed by atoms with E-state index in [1.807, 2.05) is 0 Å². The quantitative estimate of drug-likeness (QED) is 0.392. The second-order valence-corrected chi connectivity index (χ2v) is 1.76. The number of aliphatic hydroxyl groups excluding tert-OH is 2. The zero-order chi connectivity index (χ0) is 8.36. The third-order valence-electron chi connectivity index (χ3n) is 0.851. The number of aliphatic hydroxyl groups is 2. The summed E-state index contributed by atoms with van der Waals surface area (Å²) in [5, 5.41) is 16.6. The molecule has 4 nitrogen and oxygen atoms in total. The van der Waals surface area contributed by atoms with Gasteiger partial charge in [0.2, 0.25) is 0 Å². The zero-order valence-electron chi connectivity index (χ0n) is 6.40. The van der Waals surface area contributed by atoms with Gasteiger partial charge in [-0.25, -0.2) is 0 Å². The van der Waals surface area contributed by atoms with Crippen molar-refractivity contribution in [1.82, 2.24) is 0 Å². The first-order valence-corrected chi connectivity index (χ1v) is 3.48. The van der Waals surface area contributed by atoms with Gasteiger partial charge in [0.25, 0.3) is 0 Å². The third-order valence-corrected chi connectivity index (χ3v) is 0.851. The fraction of sp³-hybridized carbons (Fsp3) is 0.714. The summed E-state index contributed by atoms with van der Waals surface area (Å²) >= 11 is 0. The molecule has 0 aliphatic rings. The summed E-state index contributed by atoms with van der Waals surface area (Å²) in [5.41, 5.74) is 0. The van der Waals surface area contributed by atoms with Gasteiger partial charge in [0, 0.05) is 0 Å². The van der Waals surface area contributed by atoms with E-state index >= 15 is 0 Å². The van der Waals surface area contributed by atoms with Crippen molar-refractivity contribution >= 4 is 0 Å². The molecule has 2 N–H and O–H groups in total. The maximum absolute atomic E-state index is 8.29. The molecule has 0 unspecified atom stereocenters. The lowest BCUT2D eigenvalue weighted by Gasteiger charge is -1.96. The molecule has 0 radical (unpaired) electrons. The summed E-state index contributed by atoms with van der Waals surface area (Å²) in [6.45, 7) is 1.11. The smallest absolute Gasteiger partial charge is 0.110 e. The summed E-state index contributed by atoms with van der Waals surface area (Å²) in [4.78, 5) is 0. The Kier molecular flexibility index (Phi) is 8.92. The predicted octanol–water partition coefficient (Wildman–Crippen LogP) is -0.482. The standard InChI is InChI=1S/C7H14O4/c8-2-6-10-4-1-5-11-7-3-9/h1,4,8-9H,2-3,5-7H2. The van der Waals surface area contributed by atoms with E-state index in [2.05, 4.69) is 0 Å². The Labute approximate surface area is 66.1 Å². The molecule has 66 valence electrons. The van der Waals surface area contributed by atoms with Crippen molar-refractivity contribution in [2.75, 3.05) is 33.0 Å². The van der Waals surface area contributed by atoms with E-state index in [1.54, 1.807) is 6.08 Å². The topological polar surface area (TPSA) is 58.9 Å². The largest absolute Gasteiger partial charge is 0.499 e. The molecule has 0 fully saturated rings. The van der Waals surface area contributed by atoms with Gasteiger partial charge in [0.1, 0.15) is 6.61 Å². The number of rotatable bonds is 7. The average molecular weight is 162 g/mol. The molecule has 0 aromatic heterocycles. The normalized spacial score (nSPS) is 10.7. The summed E-state index contributed by atoms with van der Waals surface area (Å²) in [6, 6.07) is 0. The lowest BCUT2D eigenvalue weighted by molar-refractivity contribution is 0.109. The molecule has 0 atom stereocenters. The lowest BCUT2D eigenvalue weighted by Crippen LogP contribution is -1.98. The molecule has 11 heavy (non-hydrogen) atoms. The van der Waals surface area contributed by atoms with Gasteiger partial charge >= 0.3 is 0 Å². The predicted molar refractivity (Wildman–Crippen MR) is 40.1 cm³/mol. The molecule has 0 amide bonds. The highest BCUT2D eigenvalue weighted by Gasteiger charge is 1.80. The minimum Gasteiger partial charge on any atom is -0.499 e. The first-order valence-electron chi connectivity index (χ1n) is 3.48. The summed E-state index contributed by atoms with van der Waals surface area (Å²) in [5.74, 6) is 0. The Morgan fingerprint density at radius 1 is 1.09 bits per heavy atom. The minimum atomic E-state index is 0.0157.